The summed E-state index contributed by atoms with van der Waals surface area (Å²) in [5, 5.41) is 5.94. The largest absolute Gasteiger partial charge is 0.444 e. The Labute approximate surface area is 630 Å². The lowest BCUT2D eigenvalue weighted by molar-refractivity contribution is -0.136. The number of carbonyl (C=O) groups is 6. The van der Waals surface area contributed by atoms with Crippen molar-refractivity contribution in [1.82, 2.24) is 30.2 Å². The minimum atomic E-state index is -0.851. The second-order valence-corrected chi connectivity index (χ2v) is 35.6. The van der Waals surface area contributed by atoms with Gasteiger partial charge in [-0.05, 0) is 128 Å². The molecular weight excluding hydrogens is 1310 g/mol. The fourth-order valence-electron chi connectivity index (χ4n) is 12.3. The Morgan fingerprint density at radius 2 is 0.574 bits per heavy atom. The third kappa shape index (κ3) is 64.8. The topological polar surface area (TPSA) is 176 Å². The second kappa shape index (κ2) is 62.9. The number of alkyl carbamates (subject to hydrolysis) is 1. The van der Waals surface area contributed by atoms with Crippen molar-refractivity contribution in [2.24, 2.45) is 0 Å². The van der Waals surface area contributed by atoms with Crippen molar-refractivity contribution in [3.63, 3.8) is 0 Å². The van der Waals surface area contributed by atoms with E-state index in [0.29, 0.717) is 70.7 Å². The van der Waals surface area contributed by atoms with Gasteiger partial charge in [0.1, 0.15) is 35.0 Å². The molecule has 16 nitrogen and oxygen atoms in total. The van der Waals surface area contributed by atoms with Gasteiger partial charge in [-0.3, -0.25) is 14.5 Å². The van der Waals surface area contributed by atoms with E-state index in [1.54, 1.807) is 72.9 Å². The Bertz CT molecular complexity index is 1990. The Balaban J connectivity index is 6.47. The predicted molar refractivity (Wildman–Crippen MR) is 430 cm³/mol. The molecule has 0 unspecified atom stereocenters. The summed E-state index contributed by atoms with van der Waals surface area (Å²) in [6.45, 7) is 31.1. The van der Waals surface area contributed by atoms with Crippen LogP contribution in [0.1, 0.15) is 399 Å². The number of rotatable bonds is 65. The van der Waals surface area contributed by atoms with E-state index in [2.05, 4.69) is 31.4 Å². The molecule has 0 aromatic heterocycles. The van der Waals surface area contributed by atoms with Crippen molar-refractivity contribution in [1.29, 1.82) is 0 Å². The first-order chi connectivity index (χ1) is 48.1. The number of nitrogens with one attached hydrogen (secondary N) is 2. The molecule has 0 bridgehead atoms. The van der Waals surface area contributed by atoms with Gasteiger partial charge in [0.05, 0.1) is 0 Å². The van der Waals surface area contributed by atoms with E-state index in [4.69, 9.17) is 18.9 Å². The normalized spacial score (nSPS) is 12.3. The maximum atomic E-state index is 15.2. The van der Waals surface area contributed by atoms with Gasteiger partial charge in [-0.2, -0.15) is 0 Å². The Morgan fingerprint density at radius 3 is 0.911 bits per heavy atom. The third-order valence-corrected chi connectivity index (χ3v) is 20.4. The van der Waals surface area contributed by atoms with Crippen molar-refractivity contribution in [3.8, 4) is 0 Å². The number of carbonyl (C=O) groups excluding carboxylic acids is 6. The van der Waals surface area contributed by atoms with Gasteiger partial charge in [0.2, 0.25) is 11.8 Å². The van der Waals surface area contributed by atoms with Crippen LogP contribution in [-0.2, 0) is 28.5 Å². The summed E-state index contributed by atoms with van der Waals surface area (Å²) < 4.78 is 23.0. The van der Waals surface area contributed by atoms with Crippen molar-refractivity contribution in [3.05, 3.63) is 0 Å². The van der Waals surface area contributed by atoms with E-state index >= 15 is 4.79 Å². The first-order valence-corrected chi connectivity index (χ1v) is 44.3. The number of hydrogen-bond donors (Lipinski definition) is 2. The predicted octanol–water partition coefficient (Wildman–Crippen LogP) is 23.9. The summed E-state index contributed by atoms with van der Waals surface area (Å²) >= 11 is 0. The maximum Gasteiger partial charge on any atom is 0.410 e. The van der Waals surface area contributed by atoms with Crippen LogP contribution in [0.2, 0.25) is 0 Å². The molecule has 2 N–H and O–H groups in total. The molecule has 0 aliphatic heterocycles. The van der Waals surface area contributed by atoms with Crippen molar-refractivity contribution in [2.75, 3.05) is 70.4 Å². The Hall–Kier alpha value is -3.28. The number of nitrogens with zero attached hydrogens (tertiary/aromatic N) is 4. The summed E-state index contributed by atoms with van der Waals surface area (Å²) in [4.78, 5) is 90.3. The summed E-state index contributed by atoms with van der Waals surface area (Å²) in [6.07, 6.45) is 53.6. The molecule has 0 heterocycles. The highest BCUT2D eigenvalue weighted by Gasteiger charge is 2.31. The SMILES string of the molecule is CCCCCCCCCCCCCCCCCCN(CCCCCCCCCCCCCCCCCC)C(=O)[C@H](CSSCCCCCCCCCCCC)NC(=O)CN(CCCN(CCCCN(CCCNC(=O)OC(C)(C)C)C(=O)OC(C)(C)C)C(=O)OC(C)(C)C)C(=O)OC(C)(C)C. The molecular formula is C83H162N6O10S2. The van der Waals surface area contributed by atoms with E-state index in [9.17, 15) is 24.0 Å². The zero-order valence-corrected chi connectivity index (χ0v) is 70.2. The molecule has 0 aromatic rings. The Morgan fingerprint density at radius 1 is 0.307 bits per heavy atom. The lowest BCUT2D eigenvalue weighted by Crippen LogP contribution is -2.53. The summed E-state index contributed by atoms with van der Waals surface area (Å²) in [5.74, 6) is 0.915. The van der Waals surface area contributed by atoms with Crippen LogP contribution < -0.4 is 10.6 Å². The van der Waals surface area contributed by atoms with Crippen LogP contribution in [0.3, 0.4) is 0 Å². The molecule has 0 rings (SSSR count). The van der Waals surface area contributed by atoms with Crippen LogP contribution in [0.4, 0.5) is 19.2 Å². The monoisotopic (exact) mass is 1470 g/mol. The molecule has 6 amide bonds. The average Bonchev–Trinajstić information content (AvgIpc) is 0.889. The molecule has 0 aromatic carbocycles. The van der Waals surface area contributed by atoms with Gasteiger partial charge >= 0.3 is 24.4 Å². The van der Waals surface area contributed by atoms with E-state index < -0.39 is 58.7 Å². The number of hydrogen-bond acceptors (Lipinski definition) is 12. The van der Waals surface area contributed by atoms with E-state index in [-0.39, 0.29) is 25.5 Å². The van der Waals surface area contributed by atoms with Crippen molar-refractivity contribution < 1.29 is 47.7 Å². The zero-order chi connectivity index (χ0) is 75.3. The van der Waals surface area contributed by atoms with Crippen molar-refractivity contribution in [2.45, 2.75) is 428 Å². The van der Waals surface area contributed by atoms with Gasteiger partial charge in [-0.25, -0.2) is 19.2 Å². The minimum Gasteiger partial charge on any atom is -0.444 e. The zero-order valence-electron chi connectivity index (χ0n) is 68.6. The molecule has 0 aliphatic rings. The molecule has 0 fully saturated rings. The van der Waals surface area contributed by atoms with E-state index in [0.717, 1.165) is 50.7 Å². The lowest BCUT2D eigenvalue weighted by Gasteiger charge is -2.31. The molecule has 0 saturated heterocycles. The first-order valence-electron chi connectivity index (χ1n) is 41.8. The molecule has 1 atom stereocenters. The average molecular weight is 1470 g/mol. The Kier molecular flexibility index (Phi) is 60.8. The third-order valence-electron chi connectivity index (χ3n) is 17.9. The quantitative estimate of drug-likeness (QED) is 0.0335. The van der Waals surface area contributed by atoms with Crippen LogP contribution >= 0.6 is 21.6 Å². The highest BCUT2D eigenvalue weighted by atomic mass is 33.1. The van der Waals surface area contributed by atoms with Crippen LogP contribution in [0.15, 0.2) is 0 Å². The first kappa shape index (κ1) is 97.7. The number of unbranched alkanes of at least 4 members (excludes halogenated alkanes) is 40. The number of ether oxygens (including phenoxy) is 4. The smallest absolute Gasteiger partial charge is 0.410 e. The fourth-order valence-corrected chi connectivity index (χ4v) is 14.6. The number of amides is 6. The standard InChI is InChI=1S/C83H162N6O10S2/c1-16-19-22-25-28-31-34-36-38-40-42-44-46-49-52-55-63-86(64-56-53-50-47-45-43-41-39-37-35-32-29-26-23-20-17-2)75(91)73(72-101-100-70-59-54-51-48-33-30-27-24-21-18-3)85-74(90)71-89(79(95)99-83(13,14)15)69-61-68-88(78(94)98-82(10,11)12)66-58-57-65-87(77(93)97-81(7,8)9)67-60-62-84-76(92)96-80(4,5)6/h73H,16-72H2,1-15H3,(H,84,92)(H,85,90)/t73-/m0/s1. The van der Waals surface area contributed by atoms with Gasteiger partial charge in [0.25, 0.3) is 0 Å². The van der Waals surface area contributed by atoms with Crippen LogP contribution in [0, 0.1) is 0 Å². The molecule has 18 heteroatoms. The summed E-state index contributed by atoms with van der Waals surface area (Å²) in [5.41, 5.74) is -2.98. The van der Waals surface area contributed by atoms with Crippen molar-refractivity contribution >= 4 is 57.8 Å². The molecule has 0 spiro atoms. The van der Waals surface area contributed by atoms with Crippen LogP contribution in [0.25, 0.3) is 0 Å². The van der Waals surface area contributed by atoms with E-state index in [1.165, 1.54) is 230 Å². The molecule has 101 heavy (non-hydrogen) atoms. The molecule has 0 aliphatic carbocycles. The summed E-state index contributed by atoms with van der Waals surface area (Å²) in [7, 11) is 3.45. The van der Waals surface area contributed by atoms with Gasteiger partial charge in [-0.1, -0.05) is 293 Å². The minimum absolute atomic E-state index is 0.0476. The lowest BCUT2D eigenvalue weighted by atomic mass is 10.0. The molecule has 0 radical (unpaired) electrons. The highest BCUT2D eigenvalue weighted by Crippen LogP contribution is 2.26. The second-order valence-electron chi connectivity index (χ2n) is 33.0. The highest BCUT2D eigenvalue weighted by molar-refractivity contribution is 8.76. The summed E-state index contributed by atoms with van der Waals surface area (Å²) in [6, 6.07) is -0.780. The van der Waals surface area contributed by atoms with Crippen LogP contribution in [-0.4, -0.2) is 155 Å². The van der Waals surface area contributed by atoms with Gasteiger partial charge in [0, 0.05) is 63.9 Å². The van der Waals surface area contributed by atoms with Crippen LogP contribution in [0.5, 0.6) is 0 Å². The molecule has 0 saturated carbocycles. The maximum absolute atomic E-state index is 15.2. The van der Waals surface area contributed by atoms with Gasteiger partial charge in [-0.15, -0.1) is 0 Å². The molecule has 596 valence electrons. The van der Waals surface area contributed by atoms with Gasteiger partial charge < -0.3 is 44.3 Å². The van der Waals surface area contributed by atoms with Gasteiger partial charge in [0.15, 0.2) is 0 Å². The van der Waals surface area contributed by atoms with E-state index in [1.807, 2.05) is 46.4 Å². The fraction of sp³-hybridized carbons (Fsp3) is 0.928.